The molecular weight excluding hydrogens is 242 g/mol. The Bertz CT molecular complexity index is 411. The summed E-state index contributed by atoms with van der Waals surface area (Å²) in [5, 5.41) is 7.15. The number of carbonyl (C=O) groups excluding carboxylic acids is 1. The van der Waals surface area contributed by atoms with E-state index in [0.717, 1.165) is 51.1 Å². The number of nitrogens with zero attached hydrogens (tertiary/aromatic N) is 2. The molecule has 1 amide bonds. The number of aromatic nitrogens is 1. The van der Waals surface area contributed by atoms with E-state index < -0.39 is 0 Å². The number of rotatable bonds is 5. The van der Waals surface area contributed by atoms with E-state index in [1.807, 2.05) is 11.8 Å². The summed E-state index contributed by atoms with van der Waals surface area (Å²) in [6.07, 6.45) is 3.25. The van der Waals surface area contributed by atoms with Crippen LogP contribution in [0.5, 0.6) is 0 Å². The Morgan fingerprint density at radius 3 is 2.84 bits per heavy atom. The molecule has 0 unspecified atom stereocenters. The maximum atomic E-state index is 12.4. The van der Waals surface area contributed by atoms with Crippen molar-refractivity contribution in [3.63, 3.8) is 0 Å². The van der Waals surface area contributed by atoms with Gasteiger partial charge < -0.3 is 14.7 Å². The van der Waals surface area contributed by atoms with Gasteiger partial charge in [0.25, 0.3) is 5.91 Å². The molecule has 0 saturated carbocycles. The zero-order chi connectivity index (χ0) is 13.7. The topological polar surface area (TPSA) is 58.4 Å². The Balaban J connectivity index is 1.99. The second-order valence-electron chi connectivity index (χ2n) is 5.28. The van der Waals surface area contributed by atoms with Crippen LogP contribution in [0.15, 0.2) is 10.6 Å². The average molecular weight is 265 g/mol. The van der Waals surface area contributed by atoms with Crippen LogP contribution in [0.4, 0.5) is 0 Å². The van der Waals surface area contributed by atoms with Gasteiger partial charge in [0, 0.05) is 19.2 Å². The molecule has 1 fully saturated rings. The first kappa shape index (κ1) is 14.1. The third kappa shape index (κ3) is 3.80. The lowest BCUT2D eigenvalue weighted by Gasteiger charge is -2.29. The lowest BCUT2D eigenvalue weighted by Crippen LogP contribution is -2.39. The monoisotopic (exact) mass is 265 g/mol. The summed E-state index contributed by atoms with van der Waals surface area (Å²) < 4.78 is 5.09. The Morgan fingerprint density at radius 2 is 2.26 bits per heavy atom. The zero-order valence-corrected chi connectivity index (χ0v) is 11.8. The Hall–Kier alpha value is -1.36. The number of piperidine rings is 1. The van der Waals surface area contributed by atoms with Crippen LogP contribution in [0.1, 0.15) is 42.4 Å². The van der Waals surface area contributed by atoms with Crippen LogP contribution >= 0.6 is 0 Å². The van der Waals surface area contributed by atoms with E-state index in [0.29, 0.717) is 11.7 Å². The molecule has 0 aliphatic carbocycles. The van der Waals surface area contributed by atoms with Gasteiger partial charge in [0.2, 0.25) is 5.76 Å². The van der Waals surface area contributed by atoms with E-state index in [4.69, 9.17) is 4.52 Å². The van der Waals surface area contributed by atoms with Crippen molar-refractivity contribution in [1.82, 2.24) is 15.4 Å². The van der Waals surface area contributed by atoms with Crippen LogP contribution in [0.25, 0.3) is 0 Å². The largest absolute Gasteiger partial charge is 0.351 e. The molecule has 106 valence electrons. The average Bonchev–Trinajstić information content (AvgIpc) is 2.85. The molecule has 1 aromatic rings. The minimum atomic E-state index is -0.0269. The van der Waals surface area contributed by atoms with Gasteiger partial charge in [0.15, 0.2) is 0 Å². The maximum Gasteiger partial charge on any atom is 0.292 e. The molecule has 5 nitrogen and oxygen atoms in total. The second kappa shape index (κ2) is 6.70. The zero-order valence-electron chi connectivity index (χ0n) is 11.8. The number of aryl methyl sites for hydroxylation is 1. The van der Waals surface area contributed by atoms with Crippen molar-refractivity contribution in [2.24, 2.45) is 5.92 Å². The summed E-state index contributed by atoms with van der Waals surface area (Å²) >= 11 is 0. The number of hydrogen-bond acceptors (Lipinski definition) is 4. The van der Waals surface area contributed by atoms with Gasteiger partial charge in [0.1, 0.15) is 0 Å². The fourth-order valence-corrected chi connectivity index (χ4v) is 2.54. The molecule has 5 heteroatoms. The minimum Gasteiger partial charge on any atom is -0.351 e. The number of amides is 1. The molecule has 19 heavy (non-hydrogen) atoms. The van der Waals surface area contributed by atoms with E-state index in [1.54, 1.807) is 6.07 Å². The van der Waals surface area contributed by atoms with Gasteiger partial charge >= 0.3 is 0 Å². The van der Waals surface area contributed by atoms with Crippen LogP contribution in [-0.4, -0.2) is 42.1 Å². The standard InChI is InChI=1S/C14H23N3O2/c1-3-8-17(10-12-4-6-15-7-5-12)14(18)13-9-11(2)16-19-13/h9,12,15H,3-8,10H2,1-2H3. The van der Waals surface area contributed by atoms with Crippen molar-refractivity contribution in [3.05, 3.63) is 17.5 Å². The molecule has 0 atom stereocenters. The number of hydrogen-bond donors (Lipinski definition) is 1. The number of carbonyl (C=O) groups is 1. The Morgan fingerprint density at radius 1 is 1.53 bits per heavy atom. The Kier molecular flexibility index (Phi) is 4.96. The smallest absolute Gasteiger partial charge is 0.292 e. The van der Waals surface area contributed by atoms with Crippen molar-refractivity contribution in [2.75, 3.05) is 26.2 Å². The van der Waals surface area contributed by atoms with Crippen LogP contribution < -0.4 is 5.32 Å². The quantitative estimate of drug-likeness (QED) is 0.882. The van der Waals surface area contributed by atoms with Gasteiger partial charge in [-0.3, -0.25) is 4.79 Å². The van der Waals surface area contributed by atoms with Crippen molar-refractivity contribution < 1.29 is 9.32 Å². The summed E-state index contributed by atoms with van der Waals surface area (Å²) in [4.78, 5) is 14.3. The van der Waals surface area contributed by atoms with Gasteiger partial charge in [-0.2, -0.15) is 0 Å². The first-order chi connectivity index (χ1) is 9.20. The van der Waals surface area contributed by atoms with E-state index in [-0.39, 0.29) is 5.91 Å². The van der Waals surface area contributed by atoms with E-state index >= 15 is 0 Å². The van der Waals surface area contributed by atoms with Crippen molar-refractivity contribution >= 4 is 5.91 Å². The predicted octanol–water partition coefficient (Wildman–Crippen LogP) is 1.83. The molecule has 2 rings (SSSR count). The molecule has 1 saturated heterocycles. The van der Waals surface area contributed by atoms with E-state index in [1.165, 1.54) is 0 Å². The van der Waals surface area contributed by atoms with Crippen LogP contribution in [0, 0.1) is 12.8 Å². The van der Waals surface area contributed by atoms with Gasteiger partial charge in [-0.05, 0) is 45.2 Å². The maximum absolute atomic E-state index is 12.4. The van der Waals surface area contributed by atoms with Gasteiger partial charge in [-0.15, -0.1) is 0 Å². The molecular formula is C14H23N3O2. The first-order valence-corrected chi connectivity index (χ1v) is 7.14. The number of nitrogens with one attached hydrogen (secondary N) is 1. The third-order valence-corrected chi connectivity index (χ3v) is 3.56. The van der Waals surface area contributed by atoms with Gasteiger partial charge in [0.05, 0.1) is 5.69 Å². The summed E-state index contributed by atoms with van der Waals surface area (Å²) in [6.45, 7) is 7.64. The predicted molar refractivity (Wildman–Crippen MR) is 73.0 cm³/mol. The lowest BCUT2D eigenvalue weighted by atomic mass is 9.97. The summed E-state index contributed by atoms with van der Waals surface area (Å²) in [7, 11) is 0. The highest BCUT2D eigenvalue weighted by atomic mass is 16.5. The van der Waals surface area contributed by atoms with Crippen LogP contribution in [-0.2, 0) is 0 Å². The fourth-order valence-electron chi connectivity index (χ4n) is 2.54. The van der Waals surface area contributed by atoms with E-state index in [2.05, 4.69) is 17.4 Å². The first-order valence-electron chi connectivity index (χ1n) is 7.14. The molecule has 0 spiro atoms. The summed E-state index contributed by atoms with van der Waals surface area (Å²) in [6, 6.07) is 1.72. The lowest BCUT2D eigenvalue weighted by molar-refractivity contribution is 0.0674. The highest BCUT2D eigenvalue weighted by Crippen LogP contribution is 2.16. The molecule has 1 aliphatic heterocycles. The molecule has 1 aliphatic rings. The summed E-state index contributed by atoms with van der Waals surface area (Å²) in [5.74, 6) is 0.932. The van der Waals surface area contributed by atoms with Crippen molar-refractivity contribution in [1.29, 1.82) is 0 Å². The fraction of sp³-hybridized carbons (Fsp3) is 0.714. The highest BCUT2D eigenvalue weighted by Gasteiger charge is 2.23. The van der Waals surface area contributed by atoms with Crippen molar-refractivity contribution in [2.45, 2.75) is 33.1 Å². The van der Waals surface area contributed by atoms with Crippen molar-refractivity contribution in [3.8, 4) is 0 Å². The normalized spacial score (nSPS) is 16.5. The molecule has 0 aromatic carbocycles. The molecule has 1 N–H and O–H groups in total. The third-order valence-electron chi connectivity index (χ3n) is 3.56. The molecule has 0 bridgehead atoms. The van der Waals surface area contributed by atoms with Crippen LogP contribution in [0.2, 0.25) is 0 Å². The molecule has 2 heterocycles. The van der Waals surface area contributed by atoms with Gasteiger partial charge in [-0.1, -0.05) is 12.1 Å². The highest BCUT2D eigenvalue weighted by molar-refractivity contribution is 5.91. The summed E-state index contributed by atoms with van der Waals surface area (Å²) in [5.41, 5.74) is 0.752. The molecule has 1 aromatic heterocycles. The minimum absolute atomic E-state index is 0.0269. The van der Waals surface area contributed by atoms with E-state index in [9.17, 15) is 4.79 Å². The molecule has 0 radical (unpaired) electrons. The SMILES string of the molecule is CCCN(CC1CCNCC1)C(=O)c1cc(C)no1. The second-order valence-corrected chi connectivity index (χ2v) is 5.28. The van der Waals surface area contributed by atoms with Crippen LogP contribution in [0.3, 0.4) is 0 Å². The Labute approximate surface area is 114 Å². The van der Waals surface area contributed by atoms with Gasteiger partial charge in [-0.25, -0.2) is 0 Å².